The van der Waals surface area contributed by atoms with Crippen molar-refractivity contribution in [2.24, 2.45) is 0 Å². The van der Waals surface area contributed by atoms with E-state index in [1.54, 1.807) is 6.07 Å². The van der Waals surface area contributed by atoms with E-state index < -0.39 is 17.3 Å². The molecule has 1 fully saturated rings. The summed E-state index contributed by atoms with van der Waals surface area (Å²) in [5, 5.41) is 2.59. The minimum Gasteiger partial charge on any atom is -0.338 e. The van der Waals surface area contributed by atoms with Crippen LogP contribution in [-0.2, 0) is 11.3 Å². The fraction of sp³-hybridized carbons (Fsp3) is 0.435. The van der Waals surface area contributed by atoms with E-state index in [0.29, 0.717) is 12.2 Å². The summed E-state index contributed by atoms with van der Waals surface area (Å²) >= 11 is 0. The number of carbonyl (C=O) groups is 2. The van der Waals surface area contributed by atoms with Crippen LogP contribution in [0.2, 0.25) is 0 Å². The maximum Gasteiger partial charge on any atom is 0.263 e. The number of halogens is 1. The Kier molecular flexibility index (Phi) is 7.57. The van der Waals surface area contributed by atoms with E-state index in [1.807, 2.05) is 19.0 Å². The number of aromatic nitrogens is 1. The van der Waals surface area contributed by atoms with Crippen molar-refractivity contribution in [3.63, 3.8) is 0 Å². The summed E-state index contributed by atoms with van der Waals surface area (Å²) < 4.78 is 14.3. The summed E-state index contributed by atoms with van der Waals surface area (Å²) in [6, 6.07) is 8.46. The highest BCUT2D eigenvalue weighted by Gasteiger charge is 2.27. The van der Waals surface area contributed by atoms with Crippen LogP contribution in [-0.4, -0.2) is 59.4 Å². The highest BCUT2D eigenvalue weighted by atomic mass is 19.1. The number of hydrogen-bond acceptors (Lipinski definition) is 4. The molecule has 3 rings (SSSR count). The first kappa shape index (κ1) is 22.7. The Morgan fingerprint density at radius 3 is 2.61 bits per heavy atom. The highest BCUT2D eigenvalue weighted by molar-refractivity contribution is 6.04. The third-order valence-electron chi connectivity index (χ3n) is 5.53. The fourth-order valence-corrected chi connectivity index (χ4v) is 3.84. The number of carbonyl (C=O) groups excluding carboxylic acids is 2. The number of benzene rings is 1. The summed E-state index contributed by atoms with van der Waals surface area (Å²) in [4.78, 5) is 42.4. The molecule has 31 heavy (non-hydrogen) atoms. The van der Waals surface area contributed by atoms with Crippen LogP contribution in [0.4, 0.5) is 10.1 Å². The number of amides is 2. The van der Waals surface area contributed by atoms with Gasteiger partial charge in [0, 0.05) is 24.5 Å². The molecule has 0 spiro atoms. The molecule has 1 N–H and O–H groups in total. The van der Waals surface area contributed by atoms with Crippen LogP contribution in [0.15, 0.2) is 47.4 Å². The lowest BCUT2D eigenvalue weighted by atomic mass is 9.99. The summed E-state index contributed by atoms with van der Waals surface area (Å²) in [5.41, 5.74) is -0.214. The van der Waals surface area contributed by atoms with Gasteiger partial charge in [0.05, 0.1) is 0 Å². The number of nitrogens with one attached hydrogen (secondary N) is 1. The Labute approximate surface area is 181 Å². The second-order valence-corrected chi connectivity index (χ2v) is 8.14. The molecule has 7 nitrogen and oxygen atoms in total. The topological polar surface area (TPSA) is 74.7 Å². The summed E-state index contributed by atoms with van der Waals surface area (Å²) in [5.74, 6) is -1.12. The first-order chi connectivity index (χ1) is 14.8. The van der Waals surface area contributed by atoms with Crippen LogP contribution in [0.3, 0.4) is 0 Å². The monoisotopic (exact) mass is 428 g/mol. The van der Waals surface area contributed by atoms with Crippen molar-refractivity contribution in [3.8, 4) is 0 Å². The van der Waals surface area contributed by atoms with Crippen molar-refractivity contribution >= 4 is 17.5 Å². The van der Waals surface area contributed by atoms with Crippen LogP contribution >= 0.6 is 0 Å². The first-order valence-corrected chi connectivity index (χ1v) is 10.6. The van der Waals surface area contributed by atoms with Crippen LogP contribution in [0.5, 0.6) is 0 Å². The predicted molar refractivity (Wildman–Crippen MR) is 118 cm³/mol. The number of likely N-dealkylation sites (tertiary alicyclic amines) is 1. The molecule has 2 aromatic rings. The highest BCUT2D eigenvalue weighted by Crippen LogP contribution is 2.20. The predicted octanol–water partition coefficient (Wildman–Crippen LogP) is 2.57. The van der Waals surface area contributed by atoms with Crippen LogP contribution in [0.25, 0.3) is 0 Å². The van der Waals surface area contributed by atoms with Crippen molar-refractivity contribution in [1.29, 1.82) is 0 Å². The van der Waals surface area contributed by atoms with Gasteiger partial charge in [-0.25, -0.2) is 4.39 Å². The molecule has 0 unspecified atom stereocenters. The minimum absolute atomic E-state index is 0.0672. The quantitative estimate of drug-likeness (QED) is 0.736. The smallest absolute Gasteiger partial charge is 0.263 e. The Morgan fingerprint density at radius 2 is 1.90 bits per heavy atom. The Bertz CT molecular complexity index is 972. The van der Waals surface area contributed by atoms with Crippen LogP contribution < -0.4 is 10.9 Å². The molecule has 1 aromatic carbocycles. The van der Waals surface area contributed by atoms with E-state index in [9.17, 15) is 18.8 Å². The van der Waals surface area contributed by atoms with E-state index in [-0.39, 0.29) is 24.1 Å². The van der Waals surface area contributed by atoms with Crippen molar-refractivity contribution < 1.29 is 14.0 Å². The number of piperidine rings is 1. The minimum atomic E-state index is -0.597. The molecule has 2 heterocycles. The van der Waals surface area contributed by atoms with Gasteiger partial charge in [0.2, 0.25) is 5.91 Å². The van der Waals surface area contributed by atoms with Gasteiger partial charge in [-0.05, 0) is 82.7 Å². The third kappa shape index (κ3) is 6.01. The van der Waals surface area contributed by atoms with E-state index >= 15 is 0 Å². The van der Waals surface area contributed by atoms with Gasteiger partial charge in [-0.15, -0.1) is 0 Å². The average Bonchev–Trinajstić information content (AvgIpc) is 2.75. The molecule has 1 aliphatic rings. The maximum atomic E-state index is 13.1. The Morgan fingerprint density at radius 1 is 1.16 bits per heavy atom. The second kappa shape index (κ2) is 10.3. The molecule has 1 aliphatic heterocycles. The maximum absolute atomic E-state index is 13.1. The largest absolute Gasteiger partial charge is 0.338 e. The number of hydrogen-bond donors (Lipinski definition) is 1. The standard InChI is InChI=1S/C23H29FN4O3/c1-26(2)15-12-19-6-3-4-14-28(19)21(29)16-27-13-5-7-20(23(27)31)22(30)25-18-10-8-17(24)9-11-18/h5,7-11,13,19H,3-4,6,12,14-16H2,1-2H3,(H,25,30)/t19-/m0/s1. The molecule has 8 heteroatoms. The van der Waals surface area contributed by atoms with Gasteiger partial charge < -0.3 is 19.7 Å². The SMILES string of the molecule is CN(C)CC[C@@H]1CCCCN1C(=O)Cn1cccc(C(=O)Nc2ccc(F)cc2)c1=O. The summed E-state index contributed by atoms with van der Waals surface area (Å²) in [7, 11) is 4.02. The van der Waals surface area contributed by atoms with E-state index in [2.05, 4.69) is 10.2 Å². The lowest BCUT2D eigenvalue weighted by Crippen LogP contribution is -2.47. The second-order valence-electron chi connectivity index (χ2n) is 8.14. The molecule has 1 saturated heterocycles. The first-order valence-electron chi connectivity index (χ1n) is 10.6. The molecule has 1 aromatic heterocycles. The molecule has 1 atom stereocenters. The van der Waals surface area contributed by atoms with Crippen LogP contribution in [0.1, 0.15) is 36.0 Å². The zero-order chi connectivity index (χ0) is 22.4. The van der Waals surface area contributed by atoms with E-state index in [4.69, 9.17) is 0 Å². The van der Waals surface area contributed by atoms with Crippen molar-refractivity contribution in [3.05, 3.63) is 64.3 Å². The third-order valence-corrected chi connectivity index (χ3v) is 5.53. The molecule has 166 valence electrons. The zero-order valence-corrected chi connectivity index (χ0v) is 18.0. The lowest BCUT2D eigenvalue weighted by molar-refractivity contribution is -0.135. The molecule has 2 amide bonds. The van der Waals surface area contributed by atoms with Crippen molar-refractivity contribution in [2.75, 3.05) is 32.5 Å². The molecular weight excluding hydrogens is 399 g/mol. The normalized spacial score (nSPS) is 16.4. The Balaban J connectivity index is 1.71. The van der Waals surface area contributed by atoms with E-state index in [1.165, 1.54) is 41.1 Å². The van der Waals surface area contributed by atoms with Gasteiger partial charge in [-0.2, -0.15) is 0 Å². The van der Waals surface area contributed by atoms with Crippen molar-refractivity contribution in [1.82, 2.24) is 14.4 Å². The number of nitrogens with zero attached hydrogens (tertiary/aromatic N) is 3. The van der Waals surface area contributed by atoms with Gasteiger partial charge in [0.15, 0.2) is 0 Å². The summed E-state index contributed by atoms with van der Waals surface area (Å²) in [6.45, 7) is 1.48. The molecule has 0 radical (unpaired) electrons. The van der Waals surface area contributed by atoms with Gasteiger partial charge in [0.25, 0.3) is 11.5 Å². The van der Waals surface area contributed by atoms with Gasteiger partial charge >= 0.3 is 0 Å². The number of anilines is 1. The van der Waals surface area contributed by atoms with Crippen molar-refractivity contribution in [2.45, 2.75) is 38.3 Å². The lowest BCUT2D eigenvalue weighted by Gasteiger charge is -2.36. The van der Waals surface area contributed by atoms with Gasteiger partial charge in [-0.1, -0.05) is 0 Å². The fourth-order valence-electron chi connectivity index (χ4n) is 3.84. The molecule has 0 saturated carbocycles. The zero-order valence-electron chi connectivity index (χ0n) is 18.0. The molecule has 0 bridgehead atoms. The Hall–Kier alpha value is -3.00. The summed E-state index contributed by atoms with van der Waals surface area (Å²) in [6.07, 6.45) is 5.44. The number of pyridine rings is 1. The average molecular weight is 429 g/mol. The molecule has 0 aliphatic carbocycles. The van der Waals surface area contributed by atoms with Crippen LogP contribution in [0, 0.1) is 5.82 Å². The molecular formula is C23H29FN4O3. The van der Waals surface area contributed by atoms with E-state index in [0.717, 1.165) is 32.2 Å². The van der Waals surface area contributed by atoms with Gasteiger partial charge in [0.1, 0.15) is 17.9 Å². The van der Waals surface area contributed by atoms with Gasteiger partial charge in [-0.3, -0.25) is 14.4 Å². The number of rotatable bonds is 7.